The highest BCUT2D eigenvalue weighted by molar-refractivity contribution is 4.92. The second kappa shape index (κ2) is 5.25. The Morgan fingerprint density at radius 2 is 2.00 bits per heavy atom. The van der Waals surface area contributed by atoms with Crippen molar-refractivity contribution in [3.05, 3.63) is 0 Å². The van der Waals surface area contributed by atoms with Gasteiger partial charge in [-0.15, -0.1) is 0 Å². The van der Waals surface area contributed by atoms with Gasteiger partial charge in [0.2, 0.25) is 0 Å². The molecule has 0 amide bonds. The van der Waals surface area contributed by atoms with Crippen molar-refractivity contribution in [1.82, 2.24) is 10.2 Å². The molecule has 3 saturated heterocycles. The Morgan fingerprint density at radius 1 is 1.24 bits per heavy atom. The zero-order chi connectivity index (χ0) is 11.7. The lowest BCUT2D eigenvalue weighted by atomic mass is 9.89. The van der Waals surface area contributed by atoms with E-state index in [2.05, 4.69) is 17.1 Å². The number of ether oxygens (including phenoxy) is 1. The molecule has 3 atom stereocenters. The van der Waals surface area contributed by atoms with Crippen LogP contribution in [0.4, 0.5) is 0 Å². The number of nitrogens with zero attached hydrogens (tertiary/aromatic N) is 1. The van der Waals surface area contributed by atoms with Gasteiger partial charge in [-0.05, 0) is 51.5 Å². The van der Waals surface area contributed by atoms with Gasteiger partial charge in [0.25, 0.3) is 0 Å². The van der Waals surface area contributed by atoms with Crippen molar-refractivity contribution in [2.75, 3.05) is 26.3 Å². The van der Waals surface area contributed by atoms with Crippen molar-refractivity contribution in [2.45, 2.75) is 57.2 Å². The second-order valence-electron chi connectivity index (χ2n) is 6.22. The van der Waals surface area contributed by atoms with Crippen LogP contribution in [-0.2, 0) is 4.74 Å². The minimum Gasteiger partial charge on any atom is -0.379 e. The third-order valence-electron chi connectivity index (χ3n) is 4.90. The van der Waals surface area contributed by atoms with E-state index in [1.807, 2.05) is 0 Å². The third kappa shape index (κ3) is 2.83. The summed E-state index contributed by atoms with van der Waals surface area (Å²) < 4.78 is 5.50. The minimum atomic E-state index is 0.627. The van der Waals surface area contributed by atoms with Crippen LogP contribution in [-0.4, -0.2) is 49.3 Å². The minimum absolute atomic E-state index is 0.627. The van der Waals surface area contributed by atoms with E-state index in [0.29, 0.717) is 6.04 Å². The molecule has 0 saturated carbocycles. The quantitative estimate of drug-likeness (QED) is 0.809. The molecule has 0 aliphatic carbocycles. The molecule has 3 heterocycles. The van der Waals surface area contributed by atoms with Crippen molar-refractivity contribution in [3.8, 4) is 0 Å². The van der Waals surface area contributed by atoms with Crippen LogP contribution in [0.2, 0.25) is 0 Å². The van der Waals surface area contributed by atoms with E-state index in [0.717, 1.165) is 37.8 Å². The standard InChI is InChI=1S/C14H26N2O/c1-11-10-17-7-6-16(11)5-4-12-8-13-2-3-14(9-12)15-13/h11-15H,2-10H2,1H3. The Morgan fingerprint density at radius 3 is 2.71 bits per heavy atom. The Hall–Kier alpha value is -0.120. The normalized spacial score (nSPS) is 42.9. The molecular weight excluding hydrogens is 212 g/mol. The third-order valence-corrected chi connectivity index (χ3v) is 4.90. The van der Waals surface area contributed by atoms with Crippen molar-refractivity contribution >= 4 is 0 Å². The van der Waals surface area contributed by atoms with E-state index in [1.165, 1.54) is 38.6 Å². The van der Waals surface area contributed by atoms with E-state index >= 15 is 0 Å². The highest BCUT2D eigenvalue weighted by atomic mass is 16.5. The van der Waals surface area contributed by atoms with Crippen LogP contribution >= 0.6 is 0 Å². The maximum atomic E-state index is 5.50. The Bertz CT molecular complexity index is 247. The number of hydrogen-bond acceptors (Lipinski definition) is 3. The summed E-state index contributed by atoms with van der Waals surface area (Å²) >= 11 is 0. The van der Waals surface area contributed by atoms with Crippen molar-refractivity contribution in [3.63, 3.8) is 0 Å². The van der Waals surface area contributed by atoms with Crippen LogP contribution in [0.3, 0.4) is 0 Å². The molecule has 17 heavy (non-hydrogen) atoms. The zero-order valence-corrected chi connectivity index (χ0v) is 11.0. The Balaban J connectivity index is 1.44. The summed E-state index contributed by atoms with van der Waals surface area (Å²) in [6.07, 6.45) is 7.10. The van der Waals surface area contributed by atoms with E-state index in [1.54, 1.807) is 0 Å². The van der Waals surface area contributed by atoms with Crippen LogP contribution in [0.15, 0.2) is 0 Å². The predicted octanol–water partition coefficient (Wildman–Crippen LogP) is 1.63. The van der Waals surface area contributed by atoms with Crippen LogP contribution in [0.25, 0.3) is 0 Å². The van der Waals surface area contributed by atoms with E-state index in [-0.39, 0.29) is 0 Å². The molecular formula is C14H26N2O. The maximum Gasteiger partial charge on any atom is 0.0619 e. The first-order chi connectivity index (χ1) is 8.31. The van der Waals surface area contributed by atoms with Gasteiger partial charge in [0.05, 0.1) is 13.2 Å². The fraction of sp³-hybridized carbons (Fsp3) is 1.00. The topological polar surface area (TPSA) is 24.5 Å². The van der Waals surface area contributed by atoms with Gasteiger partial charge in [0, 0.05) is 24.7 Å². The molecule has 3 aliphatic rings. The average molecular weight is 238 g/mol. The van der Waals surface area contributed by atoms with E-state index in [4.69, 9.17) is 4.74 Å². The lowest BCUT2D eigenvalue weighted by Crippen LogP contribution is -2.45. The summed E-state index contributed by atoms with van der Waals surface area (Å²) in [6, 6.07) is 2.32. The SMILES string of the molecule is CC1COCCN1CCC1CC2CCC(C1)N2. The molecule has 3 aliphatic heterocycles. The molecule has 3 heteroatoms. The Kier molecular flexibility index (Phi) is 3.69. The lowest BCUT2D eigenvalue weighted by Gasteiger charge is -2.35. The summed E-state index contributed by atoms with van der Waals surface area (Å²) in [5, 5.41) is 3.73. The number of fused-ring (bicyclic) bond motifs is 2. The molecule has 0 aromatic heterocycles. The molecule has 0 aromatic rings. The van der Waals surface area contributed by atoms with Gasteiger partial charge in [-0.25, -0.2) is 0 Å². The fourth-order valence-electron chi connectivity index (χ4n) is 3.85. The van der Waals surface area contributed by atoms with Gasteiger partial charge in [0.15, 0.2) is 0 Å². The summed E-state index contributed by atoms with van der Waals surface area (Å²) in [5.74, 6) is 0.976. The number of rotatable bonds is 3. The first-order valence-electron chi connectivity index (χ1n) is 7.39. The molecule has 3 fully saturated rings. The molecule has 0 aromatic carbocycles. The summed E-state index contributed by atoms with van der Waals surface area (Å²) in [7, 11) is 0. The molecule has 3 unspecified atom stereocenters. The lowest BCUT2D eigenvalue weighted by molar-refractivity contribution is -0.00340. The van der Waals surface area contributed by atoms with Gasteiger partial charge in [-0.2, -0.15) is 0 Å². The summed E-state index contributed by atoms with van der Waals surface area (Å²) in [4.78, 5) is 2.62. The second-order valence-corrected chi connectivity index (χ2v) is 6.22. The van der Waals surface area contributed by atoms with Crippen LogP contribution in [0.1, 0.15) is 39.0 Å². The van der Waals surface area contributed by atoms with E-state index in [9.17, 15) is 0 Å². The smallest absolute Gasteiger partial charge is 0.0619 e. The fourth-order valence-corrected chi connectivity index (χ4v) is 3.85. The van der Waals surface area contributed by atoms with Crippen molar-refractivity contribution < 1.29 is 4.74 Å². The van der Waals surface area contributed by atoms with Crippen LogP contribution in [0, 0.1) is 5.92 Å². The molecule has 3 rings (SSSR count). The highest BCUT2D eigenvalue weighted by Crippen LogP contribution is 2.32. The molecule has 0 spiro atoms. The molecule has 1 N–H and O–H groups in total. The van der Waals surface area contributed by atoms with Crippen molar-refractivity contribution in [1.29, 1.82) is 0 Å². The van der Waals surface area contributed by atoms with Crippen molar-refractivity contribution in [2.24, 2.45) is 5.92 Å². The first kappa shape index (κ1) is 11.9. The van der Waals surface area contributed by atoms with Crippen LogP contribution < -0.4 is 5.32 Å². The zero-order valence-electron chi connectivity index (χ0n) is 11.0. The Labute approximate surface area is 105 Å². The highest BCUT2D eigenvalue weighted by Gasteiger charge is 2.33. The first-order valence-corrected chi connectivity index (χ1v) is 7.39. The largest absolute Gasteiger partial charge is 0.379 e. The van der Waals surface area contributed by atoms with Gasteiger partial charge < -0.3 is 10.1 Å². The monoisotopic (exact) mass is 238 g/mol. The number of morpholine rings is 1. The molecule has 0 radical (unpaired) electrons. The number of nitrogens with one attached hydrogen (secondary N) is 1. The average Bonchev–Trinajstić information content (AvgIpc) is 2.68. The molecule has 3 nitrogen and oxygen atoms in total. The van der Waals surface area contributed by atoms with Crippen LogP contribution in [0.5, 0.6) is 0 Å². The van der Waals surface area contributed by atoms with Gasteiger partial charge in [-0.1, -0.05) is 0 Å². The maximum absolute atomic E-state index is 5.50. The van der Waals surface area contributed by atoms with E-state index < -0.39 is 0 Å². The number of hydrogen-bond donors (Lipinski definition) is 1. The number of piperidine rings is 1. The molecule has 98 valence electrons. The molecule has 2 bridgehead atoms. The predicted molar refractivity (Wildman–Crippen MR) is 69.1 cm³/mol. The summed E-state index contributed by atoms with van der Waals surface area (Å²) in [6.45, 7) is 6.58. The van der Waals surface area contributed by atoms with Gasteiger partial charge >= 0.3 is 0 Å². The summed E-state index contributed by atoms with van der Waals surface area (Å²) in [5.41, 5.74) is 0. The van der Waals surface area contributed by atoms with Gasteiger partial charge in [0.1, 0.15) is 0 Å². The van der Waals surface area contributed by atoms with Gasteiger partial charge in [-0.3, -0.25) is 4.90 Å².